The Morgan fingerprint density at radius 3 is 2.78 bits per heavy atom. The molecule has 2 rings (SSSR count). The standard InChI is InChI=1S/C14H13FN2S/c15-13-6-2-1-5-12(13)14(10-16)17-8-7-11-4-3-9-18-11/h1-6,9,14,17H,7-8H2. The number of benzene rings is 1. The quantitative estimate of drug-likeness (QED) is 0.895. The first kappa shape index (κ1) is 12.7. The maximum Gasteiger partial charge on any atom is 0.129 e. The smallest absolute Gasteiger partial charge is 0.129 e. The van der Waals surface area contributed by atoms with E-state index in [0.29, 0.717) is 12.1 Å². The summed E-state index contributed by atoms with van der Waals surface area (Å²) in [6.07, 6.45) is 0.851. The zero-order valence-electron chi connectivity index (χ0n) is 9.77. The molecule has 0 radical (unpaired) electrons. The molecular weight excluding hydrogens is 247 g/mol. The number of rotatable bonds is 5. The minimum atomic E-state index is -0.592. The molecule has 0 aliphatic heterocycles. The van der Waals surface area contributed by atoms with Gasteiger partial charge in [-0.15, -0.1) is 11.3 Å². The molecule has 0 saturated carbocycles. The molecule has 1 N–H and O–H groups in total. The van der Waals surface area contributed by atoms with Crippen molar-refractivity contribution in [2.75, 3.05) is 6.54 Å². The van der Waals surface area contributed by atoms with Crippen molar-refractivity contribution in [3.63, 3.8) is 0 Å². The summed E-state index contributed by atoms with van der Waals surface area (Å²) in [5.74, 6) is -0.340. The average molecular weight is 260 g/mol. The Kier molecular flexibility index (Phi) is 4.46. The van der Waals surface area contributed by atoms with Crippen molar-refractivity contribution in [1.29, 1.82) is 5.26 Å². The molecule has 1 atom stereocenters. The maximum atomic E-state index is 13.5. The molecule has 2 nitrogen and oxygen atoms in total. The van der Waals surface area contributed by atoms with E-state index in [9.17, 15) is 4.39 Å². The molecule has 4 heteroatoms. The SMILES string of the molecule is N#CC(NCCc1cccs1)c1ccccc1F. The minimum absolute atomic E-state index is 0.340. The Hall–Kier alpha value is -1.70. The highest BCUT2D eigenvalue weighted by Gasteiger charge is 2.13. The Balaban J connectivity index is 1.94. The summed E-state index contributed by atoms with van der Waals surface area (Å²) < 4.78 is 13.5. The highest BCUT2D eigenvalue weighted by Crippen LogP contribution is 2.16. The van der Waals surface area contributed by atoms with E-state index in [2.05, 4.69) is 17.5 Å². The van der Waals surface area contributed by atoms with Gasteiger partial charge >= 0.3 is 0 Å². The van der Waals surface area contributed by atoms with Crippen molar-refractivity contribution in [1.82, 2.24) is 5.32 Å². The second kappa shape index (κ2) is 6.29. The molecule has 1 unspecified atom stereocenters. The van der Waals surface area contributed by atoms with Gasteiger partial charge in [-0.3, -0.25) is 5.32 Å². The van der Waals surface area contributed by atoms with Gasteiger partial charge in [0.15, 0.2) is 0 Å². The van der Waals surface area contributed by atoms with Crippen molar-refractivity contribution in [2.24, 2.45) is 0 Å². The van der Waals surface area contributed by atoms with Crippen molar-refractivity contribution in [3.05, 3.63) is 58.0 Å². The van der Waals surface area contributed by atoms with Crippen molar-refractivity contribution in [3.8, 4) is 6.07 Å². The third-order valence-corrected chi connectivity index (χ3v) is 3.58. The van der Waals surface area contributed by atoms with Crippen molar-refractivity contribution in [2.45, 2.75) is 12.5 Å². The van der Waals surface area contributed by atoms with E-state index in [1.54, 1.807) is 29.5 Å². The van der Waals surface area contributed by atoms with E-state index >= 15 is 0 Å². The summed E-state index contributed by atoms with van der Waals surface area (Å²) in [5, 5.41) is 14.2. The van der Waals surface area contributed by atoms with Crippen LogP contribution in [0.2, 0.25) is 0 Å². The van der Waals surface area contributed by atoms with Crippen LogP contribution in [0.15, 0.2) is 41.8 Å². The molecule has 1 aromatic heterocycles. The fraction of sp³-hybridized carbons (Fsp3) is 0.214. The summed E-state index contributed by atoms with van der Waals surface area (Å²) in [4.78, 5) is 1.26. The van der Waals surface area contributed by atoms with Gasteiger partial charge in [-0.1, -0.05) is 24.3 Å². The normalized spacial score (nSPS) is 12.0. The Labute approximate surface area is 110 Å². The number of thiophene rings is 1. The average Bonchev–Trinajstić information content (AvgIpc) is 2.89. The van der Waals surface area contributed by atoms with Gasteiger partial charge < -0.3 is 0 Å². The molecule has 92 valence electrons. The predicted octanol–water partition coefficient (Wildman–Crippen LogP) is 3.28. The van der Waals surface area contributed by atoms with Crippen LogP contribution >= 0.6 is 11.3 Å². The number of nitrogens with zero attached hydrogens (tertiary/aromatic N) is 1. The van der Waals surface area contributed by atoms with Crippen LogP contribution in [0.25, 0.3) is 0 Å². The first-order valence-corrected chi connectivity index (χ1v) is 6.59. The van der Waals surface area contributed by atoms with Crippen LogP contribution < -0.4 is 5.32 Å². The molecule has 0 spiro atoms. The van der Waals surface area contributed by atoms with E-state index in [1.165, 1.54) is 10.9 Å². The Bertz CT molecular complexity index is 531. The fourth-order valence-electron chi connectivity index (χ4n) is 1.73. The molecule has 18 heavy (non-hydrogen) atoms. The zero-order valence-corrected chi connectivity index (χ0v) is 10.6. The molecule has 0 bridgehead atoms. The molecule has 0 saturated heterocycles. The maximum absolute atomic E-state index is 13.5. The topological polar surface area (TPSA) is 35.8 Å². The third kappa shape index (κ3) is 3.16. The third-order valence-electron chi connectivity index (χ3n) is 2.65. The Morgan fingerprint density at radius 1 is 1.28 bits per heavy atom. The highest BCUT2D eigenvalue weighted by atomic mass is 32.1. The second-order valence-electron chi connectivity index (χ2n) is 3.87. The number of hydrogen-bond acceptors (Lipinski definition) is 3. The molecule has 0 aliphatic rings. The lowest BCUT2D eigenvalue weighted by Gasteiger charge is -2.12. The second-order valence-corrected chi connectivity index (χ2v) is 4.90. The first-order chi connectivity index (χ1) is 8.81. The van der Waals surface area contributed by atoms with Gasteiger partial charge in [0.25, 0.3) is 0 Å². The van der Waals surface area contributed by atoms with Crippen LogP contribution in [-0.2, 0) is 6.42 Å². The number of nitriles is 1. The van der Waals surface area contributed by atoms with Gasteiger partial charge in [0.05, 0.1) is 6.07 Å². The van der Waals surface area contributed by atoms with Crippen LogP contribution in [0.4, 0.5) is 4.39 Å². The van der Waals surface area contributed by atoms with Gasteiger partial charge in [0, 0.05) is 17.0 Å². The van der Waals surface area contributed by atoms with Gasteiger partial charge in [-0.2, -0.15) is 5.26 Å². The van der Waals surface area contributed by atoms with Gasteiger partial charge in [-0.05, 0) is 23.9 Å². The molecular formula is C14H13FN2S. The molecule has 2 aromatic rings. The molecule has 0 amide bonds. The van der Waals surface area contributed by atoms with Crippen LogP contribution in [0.1, 0.15) is 16.5 Å². The summed E-state index contributed by atoms with van der Waals surface area (Å²) in [7, 11) is 0. The zero-order chi connectivity index (χ0) is 12.8. The molecule has 1 heterocycles. The lowest BCUT2D eigenvalue weighted by atomic mass is 10.1. The number of hydrogen-bond donors (Lipinski definition) is 1. The van der Waals surface area contributed by atoms with E-state index in [1.807, 2.05) is 11.4 Å². The van der Waals surface area contributed by atoms with E-state index < -0.39 is 6.04 Å². The number of nitrogens with one attached hydrogen (secondary N) is 1. The lowest BCUT2D eigenvalue weighted by molar-refractivity contribution is 0.564. The fourth-order valence-corrected chi connectivity index (χ4v) is 2.44. The summed E-state index contributed by atoms with van der Waals surface area (Å²) in [6, 6.07) is 11.9. The highest BCUT2D eigenvalue weighted by molar-refractivity contribution is 7.09. The molecule has 0 aliphatic carbocycles. The summed E-state index contributed by atoms with van der Waals surface area (Å²) in [6.45, 7) is 0.660. The van der Waals surface area contributed by atoms with Crippen LogP contribution in [0.5, 0.6) is 0 Å². The van der Waals surface area contributed by atoms with Crippen LogP contribution in [0, 0.1) is 17.1 Å². The van der Waals surface area contributed by atoms with Crippen molar-refractivity contribution >= 4 is 11.3 Å². The van der Waals surface area contributed by atoms with Crippen molar-refractivity contribution < 1.29 is 4.39 Å². The van der Waals surface area contributed by atoms with Crippen LogP contribution in [-0.4, -0.2) is 6.54 Å². The largest absolute Gasteiger partial charge is 0.298 e. The minimum Gasteiger partial charge on any atom is -0.298 e. The first-order valence-electron chi connectivity index (χ1n) is 5.71. The molecule has 1 aromatic carbocycles. The lowest BCUT2D eigenvalue weighted by Crippen LogP contribution is -2.23. The summed E-state index contributed by atoms with van der Waals surface area (Å²) >= 11 is 1.68. The van der Waals surface area contributed by atoms with Crippen LogP contribution in [0.3, 0.4) is 0 Å². The monoisotopic (exact) mass is 260 g/mol. The van der Waals surface area contributed by atoms with E-state index in [4.69, 9.17) is 5.26 Å². The van der Waals surface area contributed by atoms with Gasteiger partial charge in [0.2, 0.25) is 0 Å². The van der Waals surface area contributed by atoms with E-state index in [0.717, 1.165) is 6.42 Å². The molecule has 0 fully saturated rings. The summed E-state index contributed by atoms with van der Waals surface area (Å²) in [5.41, 5.74) is 0.408. The van der Waals surface area contributed by atoms with Gasteiger partial charge in [0.1, 0.15) is 11.9 Å². The predicted molar refractivity (Wildman–Crippen MR) is 70.8 cm³/mol. The number of halogens is 1. The Morgan fingerprint density at radius 2 is 2.11 bits per heavy atom. The van der Waals surface area contributed by atoms with Gasteiger partial charge in [-0.25, -0.2) is 4.39 Å². The van der Waals surface area contributed by atoms with E-state index in [-0.39, 0.29) is 5.82 Å².